The first-order valence-corrected chi connectivity index (χ1v) is 10.8. The molecule has 7 nitrogen and oxygen atoms in total. The Morgan fingerprint density at radius 2 is 1.58 bits per heavy atom. The highest BCUT2D eigenvalue weighted by Gasteiger charge is 2.30. The largest absolute Gasteiger partial charge is 0.496 e. The second-order valence-corrected chi connectivity index (χ2v) is 8.20. The quantitative estimate of drug-likeness (QED) is 0.721. The SMILES string of the molecule is COc1ccccc1C(=O)N1CCN(C2CCN(c3nc(C)cc(C)n3)CC2)CC1.Cl. The molecule has 2 fully saturated rings. The third-order valence-corrected chi connectivity index (χ3v) is 6.17. The molecule has 4 rings (SSSR count). The van der Waals surface area contributed by atoms with E-state index in [1.54, 1.807) is 7.11 Å². The summed E-state index contributed by atoms with van der Waals surface area (Å²) in [5, 5.41) is 0. The monoisotopic (exact) mass is 445 g/mol. The highest BCUT2D eigenvalue weighted by Crippen LogP contribution is 2.24. The molecule has 0 saturated carbocycles. The van der Waals surface area contributed by atoms with Crippen molar-refractivity contribution in [2.24, 2.45) is 0 Å². The van der Waals surface area contributed by atoms with E-state index in [1.165, 1.54) is 0 Å². The lowest BCUT2D eigenvalue weighted by atomic mass is 10.0. The number of para-hydroxylation sites is 1. The summed E-state index contributed by atoms with van der Waals surface area (Å²) in [7, 11) is 1.61. The van der Waals surface area contributed by atoms with Crippen LogP contribution in [0.25, 0.3) is 0 Å². The zero-order valence-corrected chi connectivity index (χ0v) is 19.4. The van der Waals surface area contributed by atoms with Crippen LogP contribution in [0.4, 0.5) is 5.95 Å². The second-order valence-electron chi connectivity index (χ2n) is 8.20. The molecule has 2 saturated heterocycles. The lowest BCUT2D eigenvalue weighted by molar-refractivity contribution is 0.0537. The number of carbonyl (C=O) groups is 1. The number of piperazine rings is 1. The van der Waals surface area contributed by atoms with Crippen molar-refractivity contribution in [1.29, 1.82) is 0 Å². The van der Waals surface area contributed by atoms with Gasteiger partial charge >= 0.3 is 0 Å². The van der Waals surface area contributed by atoms with Crippen LogP contribution in [0.5, 0.6) is 5.75 Å². The molecule has 31 heavy (non-hydrogen) atoms. The van der Waals surface area contributed by atoms with Gasteiger partial charge in [0.1, 0.15) is 5.75 Å². The lowest BCUT2D eigenvalue weighted by Gasteiger charge is -2.42. The lowest BCUT2D eigenvalue weighted by Crippen LogP contribution is -2.54. The van der Waals surface area contributed by atoms with Crippen molar-refractivity contribution in [3.05, 3.63) is 47.3 Å². The summed E-state index contributed by atoms with van der Waals surface area (Å²) in [5.74, 6) is 1.57. The van der Waals surface area contributed by atoms with E-state index in [-0.39, 0.29) is 18.3 Å². The highest BCUT2D eigenvalue weighted by atomic mass is 35.5. The van der Waals surface area contributed by atoms with Gasteiger partial charge in [0.2, 0.25) is 5.95 Å². The Bertz CT molecular complexity index is 873. The zero-order valence-electron chi connectivity index (χ0n) is 18.6. The van der Waals surface area contributed by atoms with Crippen molar-refractivity contribution in [3.8, 4) is 5.75 Å². The van der Waals surface area contributed by atoms with Crippen LogP contribution in [0.15, 0.2) is 30.3 Å². The fourth-order valence-corrected chi connectivity index (χ4v) is 4.56. The number of hydrogen-bond donors (Lipinski definition) is 0. The first-order chi connectivity index (χ1) is 14.5. The van der Waals surface area contributed by atoms with Crippen LogP contribution < -0.4 is 9.64 Å². The van der Waals surface area contributed by atoms with Crippen molar-refractivity contribution in [1.82, 2.24) is 19.8 Å². The summed E-state index contributed by atoms with van der Waals surface area (Å²) in [6.45, 7) is 9.38. The number of piperidine rings is 1. The number of anilines is 1. The number of halogens is 1. The number of amides is 1. The summed E-state index contributed by atoms with van der Waals surface area (Å²) >= 11 is 0. The third-order valence-electron chi connectivity index (χ3n) is 6.17. The maximum atomic E-state index is 12.9. The molecule has 2 aliphatic heterocycles. The normalized spacial score (nSPS) is 17.9. The molecule has 0 aliphatic carbocycles. The van der Waals surface area contributed by atoms with E-state index < -0.39 is 0 Å². The molecule has 8 heteroatoms. The Labute approximate surface area is 190 Å². The fraction of sp³-hybridized carbons (Fsp3) is 0.522. The van der Waals surface area contributed by atoms with E-state index in [4.69, 9.17) is 4.74 Å². The number of rotatable bonds is 4. The molecule has 0 bridgehead atoms. The number of nitrogens with zero attached hydrogens (tertiary/aromatic N) is 5. The minimum atomic E-state index is 0. The molecule has 1 aromatic carbocycles. The van der Waals surface area contributed by atoms with E-state index in [0.29, 0.717) is 17.4 Å². The van der Waals surface area contributed by atoms with E-state index in [9.17, 15) is 4.79 Å². The first-order valence-electron chi connectivity index (χ1n) is 10.8. The standard InChI is InChI=1S/C23H31N5O2.ClH/c1-17-16-18(2)25-23(24-17)28-10-8-19(9-11-28)26-12-14-27(15-13-26)22(29)20-6-4-5-7-21(20)30-3;/h4-7,16,19H,8-15H2,1-3H3;1H. The first kappa shape index (κ1) is 23.3. The van der Waals surface area contributed by atoms with Crippen LogP contribution >= 0.6 is 12.4 Å². The predicted molar refractivity (Wildman–Crippen MR) is 124 cm³/mol. The number of aryl methyl sites for hydroxylation is 2. The molecular weight excluding hydrogens is 414 g/mol. The van der Waals surface area contributed by atoms with Gasteiger partial charge in [-0.15, -0.1) is 12.4 Å². The minimum Gasteiger partial charge on any atom is -0.496 e. The summed E-state index contributed by atoms with van der Waals surface area (Å²) < 4.78 is 5.36. The van der Waals surface area contributed by atoms with Crippen LogP contribution in [0.1, 0.15) is 34.6 Å². The van der Waals surface area contributed by atoms with Gasteiger partial charge in [0.15, 0.2) is 0 Å². The van der Waals surface area contributed by atoms with E-state index >= 15 is 0 Å². The fourth-order valence-electron chi connectivity index (χ4n) is 4.56. The molecule has 0 atom stereocenters. The third kappa shape index (κ3) is 5.28. The van der Waals surface area contributed by atoms with Crippen molar-refractivity contribution >= 4 is 24.3 Å². The van der Waals surface area contributed by atoms with Gasteiger partial charge in [-0.2, -0.15) is 0 Å². The van der Waals surface area contributed by atoms with E-state index in [0.717, 1.165) is 69.4 Å². The van der Waals surface area contributed by atoms with Crippen molar-refractivity contribution < 1.29 is 9.53 Å². The molecular formula is C23H32ClN5O2. The summed E-state index contributed by atoms with van der Waals surface area (Å²) in [6, 6.07) is 10.1. The number of aromatic nitrogens is 2. The van der Waals surface area contributed by atoms with E-state index in [1.807, 2.05) is 49.1 Å². The minimum absolute atomic E-state index is 0. The molecule has 0 radical (unpaired) electrons. The predicted octanol–water partition coefficient (Wildman–Crippen LogP) is 2.95. The zero-order chi connectivity index (χ0) is 21.1. The Kier molecular flexibility index (Phi) is 7.73. The van der Waals surface area contributed by atoms with Gasteiger partial charge in [0, 0.05) is 56.7 Å². The van der Waals surface area contributed by atoms with Gasteiger partial charge < -0.3 is 14.5 Å². The van der Waals surface area contributed by atoms with Crippen molar-refractivity contribution in [2.45, 2.75) is 32.7 Å². The second kappa shape index (κ2) is 10.3. The Morgan fingerprint density at radius 1 is 0.968 bits per heavy atom. The Morgan fingerprint density at radius 3 is 2.19 bits per heavy atom. The maximum absolute atomic E-state index is 12.9. The molecule has 3 heterocycles. The smallest absolute Gasteiger partial charge is 0.257 e. The molecule has 0 N–H and O–H groups in total. The van der Waals surface area contributed by atoms with Gasteiger partial charge in [0.05, 0.1) is 12.7 Å². The summed E-state index contributed by atoms with van der Waals surface area (Å²) in [5.41, 5.74) is 2.70. The molecule has 1 amide bonds. The van der Waals surface area contributed by atoms with Crippen LogP contribution in [0.2, 0.25) is 0 Å². The Balaban J connectivity index is 0.00000272. The van der Waals surface area contributed by atoms with Crippen molar-refractivity contribution in [3.63, 3.8) is 0 Å². The number of ether oxygens (including phenoxy) is 1. The topological polar surface area (TPSA) is 61.8 Å². The van der Waals surface area contributed by atoms with Crippen LogP contribution in [-0.2, 0) is 0 Å². The van der Waals surface area contributed by atoms with Crippen molar-refractivity contribution in [2.75, 3.05) is 51.3 Å². The number of benzene rings is 1. The molecule has 0 spiro atoms. The summed E-state index contributed by atoms with van der Waals surface area (Å²) in [6.07, 6.45) is 2.22. The number of methoxy groups -OCH3 is 1. The summed E-state index contributed by atoms with van der Waals surface area (Å²) in [4.78, 5) is 29.0. The average molecular weight is 446 g/mol. The van der Waals surface area contributed by atoms with Gasteiger partial charge in [-0.25, -0.2) is 9.97 Å². The Hall–Kier alpha value is -2.38. The number of hydrogen-bond acceptors (Lipinski definition) is 6. The number of carbonyl (C=O) groups excluding carboxylic acids is 1. The maximum Gasteiger partial charge on any atom is 0.257 e. The van der Waals surface area contributed by atoms with Crippen LogP contribution in [0.3, 0.4) is 0 Å². The molecule has 1 aromatic heterocycles. The molecule has 168 valence electrons. The van der Waals surface area contributed by atoms with Gasteiger partial charge in [-0.3, -0.25) is 9.69 Å². The average Bonchev–Trinajstić information content (AvgIpc) is 2.78. The van der Waals surface area contributed by atoms with Crippen LogP contribution in [-0.4, -0.2) is 78.1 Å². The van der Waals surface area contributed by atoms with Gasteiger partial charge in [-0.1, -0.05) is 12.1 Å². The molecule has 0 unspecified atom stereocenters. The van der Waals surface area contributed by atoms with E-state index in [2.05, 4.69) is 19.8 Å². The highest BCUT2D eigenvalue weighted by molar-refractivity contribution is 5.97. The van der Waals surface area contributed by atoms with Gasteiger partial charge in [-0.05, 0) is 44.9 Å². The van der Waals surface area contributed by atoms with Gasteiger partial charge in [0.25, 0.3) is 5.91 Å². The molecule has 2 aromatic rings. The van der Waals surface area contributed by atoms with Crippen LogP contribution in [0, 0.1) is 13.8 Å². The molecule has 2 aliphatic rings.